The van der Waals surface area contributed by atoms with Crippen molar-refractivity contribution in [2.45, 2.75) is 96.8 Å². The molecule has 1 aromatic heterocycles. The number of aromatic nitrogens is 2. The second kappa shape index (κ2) is 15.9. The molecule has 1 aliphatic heterocycles. The summed E-state index contributed by atoms with van der Waals surface area (Å²) in [6.07, 6.45) is -3.24. The molecule has 1 aliphatic rings. The van der Waals surface area contributed by atoms with Gasteiger partial charge in [-0.2, -0.15) is 18.9 Å². The van der Waals surface area contributed by atoms with Crippen molar-refractivity contribution in [1.82, 2.24) is 14.6 Å². The lowest BCUT2D eigenvalue weighted by molar-refractivity contribution is -0.149. The Morgan fingerprint density at radius 3 is 2.36 bits per heavy atom. The first-order chi connectivity index (χ1) is 21.2. The highest BCUT2D eigenvalue weighted by Crippen LogP contribution is 2.48. The third-order valence-electron chi connectivity index (χ3n) is 6.79. The van der Waals surface area contributed by atoms with Crippen molar-refractivity contribution >= 4 is 25.4 Å². The van der Waals surface area contributed by atoms with Crippen LogP contribution in [0, 0.1) is 5.92 Å². The number of ether oxygens (including phenoxy) is 2. The summed E-state index contributed by atoms with van der Waals surface area (Å²) in [7, 11) is -4.46. The van der Waals surface area contributed by atoms with E-state index in [1.807, 2.05) is 13.8 Å². The molecule has 13 nitrogen and oxygen atoms in total. The standard InChI is InChI=1S/C29H41F2N4O9P/c1-6-11-20(12-7-2)25(37)32-23-15-16-35(28(39)33-23)27-29(30,31)24(36)22(43-27)17-41-45(40,44-21-13-9-8-10-14-21)34-19(5)26(38)42-18(3)4/h8-10,13-16,18-20,22,24,27,36H,6-7,11-12,17H2,1-5H3,(H,34,40)(H,32,33,37,39)/t19-,22+,24-,27+,45-/m0/s1. The second-order valence-corrected chi connectivity index (χ2v) is 12.6. The third kappa shape index (κ3) is 9.63. The van der Waals surface area contributed by atoms with Gasteiger partial charge in [-0.25, -0.2) is 9.36 Å². The zero-order valence-corrected chi connectivity index (χ0v) is 26.7. The number of rotatable bonds is 16. The summed E-state index contributed by atoms with van der Waals surface area (Å²) in [6, 6.07) is 7.73. The summed E-state index contributed by atoms with van der Waals surface area (Å²) < 4.78 is 66.0. The molecule has 16 heteroatoms. The molecule has 45 heavy (non-hydrogen) atoms. The minimum Gasteiger partial charge on any atom is -0.462 e. The van der Waals surface area contributed by atoms with Crippen LogP contribution in [0.25, 0.3) is 0 Å². The quantitative estimate of drug-likeness (QED) is 0.173. The summed E-state index contributed by atoms with van der Waals surface area (Å²) >= 11 is 0. The minimum atomic E-state index is -4.46. The molecule has 1 saturated heterocycles. The first-order valence-corrected chi connectivity index (χ1v) is 16.3. The van der Waals surface area contributed by atoms with Crippen molar-refractivity contribution in [3.05, 3.63) is 53.1 Å². The fourth-order valence-corrected chi connectivity index (χ4v) is 6.11. The molecule has 0 unspecified atom stereocenters. The lowest BCUT2D eigenvalue weighted by atomic mass is 9.97. The molecule has 0 spiro atoms. The van der Waals surface area contributed by atoms with Gasteiger partial charge in [-0.05, 0) is 51.8 Å². The van der Waals surface area contributed by atoms with E-state index >= 15 is 8.78 Å². The van der Waals surface area contributed by atoms with E-state index in [9.17, 15) is 24.1 Å². The molecule has 0 bridgehead atoms. The third-order valence-corrected chi connectivity index (χ3v) is 8.44. The molecule has 5 atom stereocenters. The number of esters is 1. The van der Waals surface area contributed by atoms with E-state index in [-0.39, 0.29) is 23.4 Å². The normalized spacial score (nSPS) is 21.3. The van der Waals surface area contributed by atoms with Gasteiger partial charge in [0.05, 0.1) is 12.7 Å². The number of halogens is 2. The number of benzene rings is 1. The van der Waals surface area contributed by atoms with Crippen LogP contribution >= 0.6 is 7.75 Å². The molecule has 1 fully saturated rings. The predicted octanol–water partition coefficient (Wildman–Crippen LogP) is 4.43. The second-order valence-electron chi connectivity index (χ2n) is 10.9. The van der Waals surface area contributed by atoms with Crippen LogP contribution in [-0.4, -0.2) is 63.4 Å². The minimum absolute atomic E-state index is 0.0781. The number of anilines is 1. The van der Waals surface area contributed by atoms with Crippen LogP contribution in [0.2, 0.25) is 0 Å². The number of para-hydroxylation sites is 1. The van der Waals surface area contributed by atoms with Crippen molar-refractivity contribution in [3.63, 3.8) is 0 Å². The molecule has 0 radical (unpaired) electrons. The molecule has 0 aliphatic carbocycles. The summed E-state index contributed by atoms with van der Waals surface area (Å²) in [5, 5.41) is 15.4. The number of alkyl halides is 2. The number of carbonyl (C=O) groups excluding carboxylic acids is 2. The summed E-state index contributed by atoms with van der Waals surface area (Å²) in [4.78, 5) is 41.5. The molecule has 2 heterocycles. The topological polar surface area (TPSA) is 167 Å². The number of amides is 1. The molecule has 0 saturated carbocycles. The van der Waals surface area contributed by atoms with Gasteiger partial charge in [0, 0.05) is 12.1 Å². The number of carbonyl (C=O) groups is 2. The lowest BCUT2D eigenvalue weighted by Gasteiger charge is -2.25. The molecule has 250 valence electrons. The van der Waals surface area contributed by atoms with Gasteiger partial charge in [-0.3, -0.25) is 18.7 Å². The van der Waals surface area contributed by atoms with Crippen LogP contribution < -0.4 is 20.6 Å². The Morgan fingerprint density at radius 1 is 1.13 bits per heavy atom. The zero-order valence-electron chi connectivity index (χ0n) is 25.9. The van der Waals surface area contributed by atoms with Gasteiger partial charge < -0.3 is 24.4 Å². The summed E-state index contributed by atoms with van der Waals surface area (Å²) in [5.41, 5.74) is -1.16. The number of nitrogens with zero attached hydrogens (tertiary/aromatic N) is 2. The van der Waals surface area contributed by atoms with Crippen LogP contribution in [0.4, 0.5) is 14.6 Å². The maximum atomic E-state index is 15.2. The van der Waals surface area contributed by atoms with Gasteiger partial charge in [-0.15, -0.1) is 0 Å². The van der Waals surface area contributed by atoms with Crippen LogP contribution in [0.3, 0.4) is 0 Å². The number of hydrogen-bond donors (Lipinski definition) is 3. The number of aliphatic hydroxyl groups is 1. The average molecular weight is 659 g/mol. The van der Waals surface area contributed by atoms with E-state index in [1.54, 1.807) is 32.0 Å². The van der Waals surface area contributed by atoms with Crippen molar-refractivity contribution < 1.29 is 46.6 Å². The number of hydrogen-bond acceptors (Lipinski definition) is 10. The van der Waals surface area contributed by atoms with Crippen LogP contribution in [0.15, 0.2) is 47.4 Å². The molecular formula is C29H41F2N4O9P. The Kier molecular flexibility index (Phi) is 12.8. The monoisotopic (exact) mass is 658 g/mol. The van der Waals surface area contributed by atoms with E-state index in [4.69, 9.17) is 18.5 Å². The molecule has 1 amide bonds. The maximum Gasteiger partial charge on any atom is 0.459 e. The Hall–Kier alpha value is -3.23. The zero-order chi connectivity index (χ0) is 33.4. The van der Waals surface area contributed by atoms with Crippen molar-refractivity contribution in [3.8, 4) is 5.75 Å². The smallest absolute Gasteiger partial charge is 0.459 e. The molecular weight excluding hydrogens is 617 g/mol. The molecule has 2 aromatic rings. The van der Waals surface area contributed by atoms with Crippen LogP contribution in [0.1, 0.15) is 66.5 Å². The fraction of sp³-hybridized carbons (Fsp3) is 0.586. The van der Waals surface area contributed by atoms with Crippen molar-refractivity contribution in [1.29, 1.82) is 0 Å². The van der Waals surface area contributed by atoms with Gasteiger partial charge in [-0.1, -0.05) is 44.9 Å². The van der Waals surface area contributed by atoms with E-state index < -0.39 is 62.5 Å². The highest BCUT2D eigenvalue weighted by Gasteiger charge is 2.60. The number of nitrogens with one attached hydrogen (secondary N) is 2. The average Bonchev–Trinajstić information content (AvgIpc) is 3.19. The maximum absolute atomic E-state index is 15.2. The highest BCUT2D eigenvalue weighted by molar-refractivity contribution is 7.52. The van der Waals surface area contributed by atoms with Gasteiger partial charge in [0.2, 0.25) is 12.1 Å². The van der Waals surface area contributed by atoms with Gasteiger partial charge in [0.15, 0.2) is 6.10 Å². The van der Waals surface area contributed by atoms with Crippen molar-refractivity contribution in [2.24, 2.45) is 5.92 Å². The molecule has 3 rings (SSSR count). The van der Waals surface area contributed by atoms with Gasteiger partial charge in [0.1, 0.15) is 23.7 Å². The fourth-order valence-electron chi connectivity index (χ4n) is 4.60. The van der Waals surface area contributed by atoms with E-state index in [0.717, 1.165) is 19.0 Å². The van der Waals surface area contributed by atoms with Gasteiger partial charge in [0.25, 0.3) is 0 Å². The lowest BCUT2D eigenvalue weighted by Crippen LogP contribution is -2.42. The van der Waals surface area contributed by atoms with Crippen LogP contribution in [-0.2, 0) is 28.2 Å². The molecule has 3 N–H and O–H groups in total. The Bertz CT molecular complexity index is 1390. The Balaban J connectivity index is 1.77. The predicted molar refractivity (Wildman–Crippen MR) is 160 cm³/mol. The first kappa shape index (κ1) is 36.2. The first-order valence-electron chi connectivity index (χ1n) is 14.8. The van der Waals surface area contributed by atoms with Gasteiger partial charge >= 0.3 is 25.3 Å². The van der Waals surface area contributed by atoms with Crippen LogP contribution in [0.5, 0.6) is 5.75 Å². The Morgan fingerprint density at radius 2 is 1.78 bits per heavy atom. The van der Waals surface area contributed by atoms with E-state index in [1.165, 1.54) is 25.1 Å². The number of aliphatic hydroxyl groups excluding tert-OH is 1. The Labute approximate surface area is 260 Å². The van der Waals surface area contributed by atoms with E-state index in [0.29, 0.717) is 17.4 Å². The largest absolute Gasteiger partial charge is 0.462 e. The van der Waals surface area contributed by atoms with E-state index in [2.05, 4.69) is 15.4 Å². The highest BCUT2D eigenvalue weighted by atomic mass is 31.2. The summed E-state index contributed by atoms with van der Waals surface area (Å²) in [5.74, 6) is -5.44. The SMILES string of the molecule is CCCC(CCC)C(=O)Nc1ccn([C@@H]2O[C@H](CO[P@@](=O)(N[C@@H](C)C(=O)OC(C)C)Oc3ccccc3)[C@H](O)C2(F)F)c(=O)n1. The molecule has 1 aromatic carbocycles. The summed E-state index contributed by atoms with van der Waals surface area (Å²) in [6.45, 7) is 7.59. The van der Waals surface area contributed by atoms with Crippen molar-refractivity contribution in [2.75, 3.05) is 11.9 Å².